The minimum atomic E-state index is -1.05. The van der Waals surface area contributed by atoms with E-state index in [0.29, 0.717) is 0 Å². The SMILES string of the molecule is C[C@H](OC(=O)Cc1cccc2cccnc12)C(=O)Nc1ccccc1F. The zero-order valence-electron chi connectivity index (χ0n) is 14.1. The minimum Gasteiger partial charge on any atom is -0.452 e. The van der Waals surface area contributed by atoms with Gasteiger partial charge in [0.1, 0.15) is 5.82 Å². The Bertz CT molecular complexity index is 953. The summed E-state index contributed by atoms with van der Waals surface area (Å²) in [6.45, 7) is 1.44. The molecule has 0 fully saturated rings. The van der Waals surface area contributed by atoms with Gasteiger partial charge >= 0.3 is 5.97 Å². The monoisotopic (exact) mass is 352 g/mol. The summed E-state index contributed by atoms with van der Waals surface area (Å²) in [5.74, 6) is -1.71. The maximum atomic E-state index is 13.6. The van der Waals surface area contributed by atoms with Crippen molar-refractivity contribution in [3.8, 4) is 0 Å². The molecule has 0 unspecified atom stereocenters. The smallest absolute Gasteiger partial charge is 0.311 e. The number of hydrogen-bond acceptors (Lipinski definition) is 4. The molecule has 0 saturated carbocycles. The lowest BCUT2D eigenvalue weighted by Gasteiger charge is -2.14. The molecular formula is C20H17FN2O3. The molecule has 3 rings (SSSR count). The van der Waals surface area contributed by atoms with Crippen LogP contribution in [-0.2, 0) is 20.7 Å². The van der Waals surface area contributed by atoms with Gasteiger partial charge in [-0.3, -0.25) is 14.6 Å². The zero-order chi connectivity index (χ0) is 18.5. The number of amides is 1. The number of anilines is 1. The van der Waals surface area contributed by atoms with Crippen LogP contribution in [0.3, 0.4) is 0 Å². The van der Waals surface area contributed by atoms with E-state index in [1.165, 1.54) is 25.1 Å². The second-order valence-electron chi connectivity index (χ2n) is 5.77. The Morgan fingerprint density at radius 2 is 1.88 bits per heavy atom. The third kappa shape index (κ3) is 4.03. The summed E-state index contributed by atoms with van der Waals surface area (Å²) in [5, 5.41) is 3.32. The number of ether oxygens (including phenoxy) is 1. The average molecular weight is 352 g/mol. The number of hydrogen-bond donors (Lipinski definition) is 1. The molecule has 1 aromatic heterocycles. The van der Waals surface area contributed by atoms with Crippen LogP contribution in [0.25, 0.3) is 10.9 Å². The van der Waals surface area contributed by atoms with Gasteiger partial charge in [-0.1, -0.05) is 36.4 Å². The van der Waals surface area contributed by atoms with Crippen molar-refractivity contribution in [2.24, 2.45) is 0 Å². The Morgan fingerprint density at radius 3 is 2.69 bits per heavy atom. The summed E-state index contributed by atoms with van der Waals surface area (Å²) in [4.78, 5) is 28.6. The van der Waals surface area contributed by atoms with Crippen LogP contribution in [-0.4, -0.2) is 23.0 Å². The number of nitrogens with one attached hydrogen (secondary N) is 1. The molecule has 0 aliphatic carbocycles. The predicted octanol–water partition coefficient (Wildman–Crippen LogP) is 3.49. The van der Waals surface area contributed by atoms with E-state index in [2.05, 4.69) is 10.3 Å². The Labute approximate surface area is 149 Å². The molecule has 26 heavy (non-hydrogen) atoms. The van der Waals surface area contributed by atoms with Crippen LogP contribution >= 0.6 is 0 Å². The Morgan fingerprint density at radius 1 is 1.12 bits per heavy atom. The van der Waals surface area contributed by atoms with Crippen LogP contribution in [0.2, 0.25) is 0 Å². The first-order valence-electron chi connectivity index (χ1n) is 8.12. The molecule has 0 spiro atoms. The summed E-state index contributed by atoms with van der Waals surface area (Å²) >= 11 is 0. The van der Waals surface area contributed by atoms with Gasteiger partial charge in [-0.05, 0) is 30.7 Å². The van der Waals surface area contributed by atoms with Gasteiger partial charge in [-0.15, -0.1) is 0 Å². The number of halogens is 1. The molecule has 0 radical (unpaired) electrons. The Hall–Kier alpha value is -3.28. The first kappa shape index (κ1) is 17.5. The van der Waals surface area contributed by atoms with Crippen LogP contribution in [0.1, 0.15) is 12.5 Å². The molecule has 0 aliphatic heterocycles. The first-order chi connectivity index (χ1) is 12.5. The molecular weight excluding hydrogens is 335 g/mol. The number of carbonyl (C=O) groups is 2. The minimum absolute atomic E-state index is 0.00826. The molecule has 5 nitrogen and oxygen atoms in total. The number of aromatic nitrogens is 1. The molecule has 0 saturated heterocycles. The third-order valence-electron chi connectivity index (χ3n) is 3.86. The van der Waals surface area contributed by atoms with E-state index in [4.69, 9.17) is 4.74 Å². The molecule has 3 aromatic rings. The number of nitrogens with zero attached hydrogens (tertiary/aromatic N) is 1. The highest BCUT2D eigenvalue weighted by Gasteiger charge is 2.19. The van der Waals surface area contributed by atoms with Crippen LogP contribution in [0.5, 0.6) is 0 Å². The van der Waals surface area contributed by atoms with Crippen LogP contribution in [0, 0.1) is 5.82 Å². The second-order valence-corrected chi connectivity index (χ2v) is 5.77. The van der Waals surface area contributed by atoms with Crippen LogP contribution in [0.4, 0.5) is 10.1 Å². The van der Waals surface area contributed by atoms with Crippen molar-refractivity contribution in [1.29, 1.82) is 0 Å². The Balaban J connectivity index is 1.64. The maximum Gasteiger partial charge on any atom is 0.311 e. The van der Waals surface area contributed by atoms with Gasteiger partial charge in [-0.2, -0.15) is 0 Å². The van der Waals surface area contributed by atoms with E-state index in [-0.39, 0.29) is 12.1 Å². The summed E-state index contributed by atoms with van der Waals surface area (Å²) in [5.41, 5.74) is 1.48. The van der Waals surface area contributed by atoms with Gasteiger partial charge in [0.2, 0.25) is 0 Å². The van der Waals surface area contributed by atoms with Crippen molar-refractivity contribution in [2.45, 2.75) is 19.4 Å². The van der Waals surface area contributed by atoms with E-state index >= 15 is 0 Å². The van der Waals surface area contributed by atoms with Crippen molar-refractivity contribution in [1.82, 2.24) is 4.98 Å². The summed E-state index contributed by atoms with van der Waals surface area (Å²) in [6.07, 6.45) is 0.595. The topological polar surface area (TPSA) is 68.3 Å². The number of benzene rings is 2. The van der Waals surface area contributed by atoms with Gasteiger partial charge in [0.15, 0.2) is 6.10 Å². The number of rotatable bonds is 5. The summed E-state index contributed by atoms with van der Waals surface area (Å²) in [7, 11) is 0. The van der Waals surface area contributed by atoms with Gasteiger partial charge in [0, 0.05) is 11.6 Å². The summed E-state index contributed by atoms with van der Waals surface area (Å²) < 4.78 is 18.8. The van der Waals surface area contributed by atoms with Gasteiger partial charge in [0.05, 0.1) is 17.6 Å². The Kier molecular flexibility index (Phi) is 5.22. The molecule has 6 heteroatoms. The fourth-order valence-electron chi connectivity index (χ4n) is 2.55. The molecule has 1 heterocycles. The lowest BCUT2D eigenvalue weighted by atomic mass is 10.1. The number of pyridine rings is 1. The molecule has 1 atom stereocenters. The molecule has 1 amide bonds. The quantitative estimate of drug-likeness (QED) is 0.714. The van der Waals surface area contributed by atoms with E-state index in [0.717, 1.165) is 16.5 Å². The third-order valence-corrected chi connectivity index (χ3v) is 3.86. The highest BCUT2D eigenvalue weighted by molar-refractivity contribution is 5.95. The molecule has 0 bridgehead atoms. The standard InChI is InChI=1S/C20H17FN2O3/c1-13(20(25)23-17-10-3-2-9-16(17)21)26-18(24)12-15-7-4-6-14-8-5-11-22-19(14)15/h2-11,13H,12H2,1H3,(H,23,25)/t13-/m0/s1. The van der Waals surface area contributed by atoms with E-state index in [9.17, 15) is 14.0 Å². The lowest BCUT2D eigenvalue weighted by molar-refractivity contribution is -0.152. The highest BCUT2D eigenvalue weighted by Crippen LogP contribution is 2.17. The van der Waals surface area contributed by atoms with Crippen molar-refractivity contribution in [2.75, 3.05) is 5.32 Å². The maximum absolute atomic E-state index is 13.6. The van der Waals surface area contributed by atoms with E-state index in [1.807, 2.05) is 24.3 Å². The van der Waals surface area contributed by atoms with E-state index in [1.54, 1.807) is 18.3 Å². The molecule has 0 aliphatic rings. The number of carbonyl (C=O) groups excluding carboxylic acids is 2. The number of para-hydroxylation sites is 2. The average Bonchev–Trinajstić information content (AvgIpc) is 2.64. The van der Waals surface area contributed by atoms with Crippen molar-refractivity contribution in [3.05, 3.63) is 72.2 Å². The van der Waals surface area contributed by atoms with Crippen LogP contribution < -0.4 is 5.32 Å². The predicted molar refractivity (Wildman–Crippen MR) is 96.0 cm³/mol. The number of esters is 1. The highest BCUT2D eigenvalue weighted by atomic mass is 19.1. The zero-order valence-corrected chi connectivity index (χ0v) is 14.1. The van der Waals surface area contributed by atoms with Crippen molar-refractivity contribution in [3.63, 3.8) is 0 Å². The van der Waals surface area contributed by atoms with Crippen LogP contribution in [0.15, 0.2) is 60.8 Å². The molecule has 1 N–H and O–H groups in total. The number of fused-ring (bicyclic) bond motifs is 1. The molecule has 132 valence electrons. The fourth-order valence-corrected chi connectivity index (χ4v) is 2.55. The lowest BCUT2D eigenvalue weighted by Crippen LogP contribution is -2.30. The second kappa shape index (κ2) is 7.74. The normalized spacial score (nSPS) is 11.8. The largest absolute Gasteiger partial charge is 0.452 e. The van der Waals surface area contributed by atoms with Gasteiger partial charge in [0.25, 0.3) is 5.91 Å². The van der Waals surface area contributed by atoms with Crippen molar-refractivity contribution < 1.29 is 18.7 Å². The fraction of sp³-hybridized carbons (Fsp3) is 0.150. The molecule has 2 aromatic carbocycles. The van der Waals surface area contributed by atoms with E-state index < -0.39 is 23.8 Å². The van der Waals surface area contributed by atoms with Crippen molar-refractivity contribution >= 4 is 28.5 Å². The van der Waals surface area contributed by atoms with Gasteiger partial charge < -0.3 is 10.1 Å². The summed E-state index contributed by atoms with van der Waals surface area (Å²) in [6, 6.07) is 15.0. The van der Waals surface area contributed by atoms with Gasteiger partial charge in [-0.25, -0.2) is 4.39 Å². The first-order valence-corrected chi connectivity index (χ1v) is 8.12.